The molecular weight excluding hydrogens is 525 g/mol. The van der Waals surface area contributed by atoms with Crippen LogP contribution >= 0.6 is 19.4 Å². The molecule has 37 heavy (non-hydrogen) atoms. The summed E-state index contributed by atoms with van der Waals surface area (Å²) >= 11 is 1.23. The van der Waals surface area contributed by atoms with Crippen LogP contribution in [0.3, 0.4) is 0 Å². The number of carbonyl (C=O) groups is 4. The molecule has 198 valence electrons. The van der Waals surface area contributed by atoms with Gasteiger partial charge in [-0.15, -0.1) is 11.8 Å². The Balaban J connectivity index is 1.54. The predicted molar refractivity (Wildman–Crippen MR) is 126 cm³/mol. The van der Waals surface area contributed by atoms with Crippen LogP contribution in [0, 0.1) is 11.8 Å². The topological polar surface area (TPSA) is 187 Å². The van der Waals surface area contributed by atoms with Gasteiger partial charge in [0.25, 0.3) is 0 Å². The lowest BCUT2D eigenvalue weighted by molar-refractivity contribution is -0.266. The summed E-state index contributed by atoms with van der Waals surface area (Å²) < 4.78 is 23.2. The van der Waals surface area contributed by atoms with E-state index in [4.69, 9.17) is 0 Å². The highest BCUT2D eigenvalue weighted by Crippen LogP contribution is 2.53. The van der Waals surface area contributed by atoms with E-state index in [0.717, 1.165) is 4.90 Å². The van der Waals surface area contributed by atoms with Gasteiger partial charge in [0.15, 0.2) is 0 Å². The number of nitrogens with zero attached hydrogens (tertiary/aromatic N) is 2. The number of hydrogen-bond donors (Lipinski definition) is 2. The normalized spacial score (nSPS) is 27.5. The molecule has 6 atom stereocenters. The number of nitrogens with one attached hydrogen (secondary N) is 1. The smallest absolute Gasteiger partial charge is 0.321 e. The number of aliphatic hydroxyl groups is 1. The fraction of sp³-hybridized carbons (Fsp3) is 0.478. The lowest BCUT2D eigenvalue weighted by Crippen LogP contribution is -2.63. The summed E-state index contributed by atoms with van der Waals surface area (Å²) in [5.74, 6) is -3.41. The maximum atomic E-state index is 13.0. The number of rotatable bonds is 8. The summed E-state index contributed by atoms with van der Waals surface area (Å²) in [5, 5.41) is 35.0. The van der Waals surface area contributed by atoms with E-state index in [1.54, 1.807) is 0 Å². The van der Waals surface area contributed by atoms with Gasteiger partial charge < -0.3 is 40.0 Å². The van der Waals surface area contributed by atoms with E-state index in [1.807, 2.05) is 6.92 Å². The van der Waals surface area contributed by atoms with Crippen molar-refractivity contribution in [2.75, 3.05) is 18.0 Å². The van der Waals surface area contributed by atoms with Crippen LogP contribution in [0.25, 0.3) is 0 Å². The minimum absolute atomic E-state index is 0.0738. The van der Waals surface area contributed by atoms with Gasteiger partial charge in [-0.3, -0.25) is 9.59 Å². The average molecular weight is 549 g/mol. The van der Waals surface area contributed by atoms with Crippen molar-refractivity contribution in [3.63, 3.8) is 0 Å². The molecule has 0 saturated carbocycles. The number of carboxylic acids is 1. The zero-order chi connectivity index (χ0) is 27.2. The zero-order valence-electron chi connectivity index (χ0n) is 19.9. The minimum atomic E-state index is -2.86. The molecule has 2 saturated heterocycles. The molecule has 12 nitrogen and oxygen atoms in total. The van der Waals surface area contributed by atoms with Gasteiger partial charge in [-0.1, -0.05) is 19.1 Å². The number of fused-ring (bicyclic) bond motifs is 1. The lowest BCUT2D eigenvalue weighted by atomic mass is 9.79. The third-order valence-corrected chi connectivity index (χ3v) is 9.04. The number of anilines is 1. The molecule has 1 aromatic carbocycles. The quantitative estimate of drug-likeness (QED) is 0.323. The van der Waals surface area contributed by atoms with Crippen molar-refractivity contribution in [1.29, 1.82) is 0 Å². The number of aromatic carboxylic acids is 1. The predicted octanol–water partition coefficient (Wildman–Crippen LogP) is -0.250. The van der Waals surface area contributed by atoms with E-state index in [2.05, 4.69) is 5.32 Å². The molecule has 0 radical (unpaired) electrons. The molecule has 0 bridgehead atoms. The van der Waals surface area contributed by atoms with Gasteiger partial charge in [0.1, 0.15) is 12.1 Å². The fourth-order valence-corrected chi connectivity index (χ4v) is 7.53. The number of benzene rings is 1. The highest BCUT2D eigenvalue weighted by atomic mass is 32.2. The maximum Gasteiger partial charge on any atom is 0.321 e. The van der Waals surface area contributed by atoms with E-state index < -0.39 is 55.0 Å². The molecule has 3 aliphatic heterocycles. The number of aliphatic hydroxyl groups excluding tert-OH is 1. The second kappa shape index (κ2) is 10.3. The average Bonchev–Trinajstić information content (AvgIpc) is 3.32. The zero-order valence-corrected chi connectivity index (χ0v) is 21.6. The number of carbonyl (C=O) groups excluding carboxylic acids is 4. The minimum Gasteiger partial charge on any atom is -0.545 e. The molecule has 3 amide bonds. The maximum absolute atomic E-state index is 13.0. The summed E-state index contributed by atoms with van der Waals surface area (Å²) in [7, 11) is -2.86. The second-order valence-electron chi connectivity index (χ2n) is 9.32. The Labute approximate surface area is 216 Å². The van der Waals surface area contributed by atoms with Crippen LogP contribution in [0.5, 0.6) is 0 Å². The van der Waals surface area contributed by atoms with E-state index in [9.17, 15) is 43.6 Å². The van der Waals surface area contributed by atoms with Gasteiger partial charge in [0.2, 0.25) is 11.8 Å². The van der Waals surface area contributed by atoms with Crippen LogP contribution in [0.15, 0.2) is 34.9 Å². The molecule has 2 fully saturated rings. The van der Waals surface area contributed by atoms with Gasteiger partial charge in [-0.2, -0.15) is 0 Å². The third-order valence-electron chi connectivity index (χ3n) is 6.95. The number of hydrogen-bond acceptors (Lipinski definition) is 10. The Hall–Kier alpha value is -3.15. The Morgan fingerprint density at radius 2 is 1.97 bits per heavy atom. The fourth-order valence-electron chi connectivity index (χ4n) is 5.32. The van der Waals surface area contributed by atoms with Crippen LogP contribution in [0.1, 0.15) is 30.6 Å². The van der Waals surface area contributed by atoms with Gasteiger partial charge in [0, 0.05) is 34.0 Å². The standard InChI is InChI=1S/C23H26N3O9PS/c1-10-18-17(11(2)27)21(29)26(18)16(9-36(34)35)19(10)37-14-7-15(25(8-14)23(32)33)20(28)24-13-5-3-4-12(6-13)22(30)31/h3-6,10-11,14-15,17-18,27H,7-9H2,1-2H3,(H,24,28)(H,30,31)(H,32,33)/p-2/t10?,11?,14?,15-,17?,18?/m0/s1. The summed E-state index contributed by atoms with van der Waals surface area (Å²) in [4.78, 5) is 51.4. The second-order valence-corrected chi connectivity index (χ2v) is 11.6. The van der Waals surface area contributed by atoms with Gasteiger partial charge in [0.05, 0.1) is 30.2 Å². The first-order valence-electron chi connectivity index (χ1n) is 11.5. The molecule has 0 spiro atoms. The van der Waals surface area contributed by atoms with E-state index in [0.29, 0.717) is 10.6 Å². The monoisotopic (exact) mass is 549 g/mol. The van der Waals surface area contributed by atoms with Crippen LogP contribution in [0.4, 0.5) is 10.5 Å². The number of amides is 3. The number of allylic oxidation sites excluding steroid dienone is 1. The first-order valence-corrected chi connectivity index (χ1v) is 13.8. The Kier molecular flexibility index (Phi) is 7.50. The van der Waals surface area contributed by atoms with Crippen molar-refractivity contribution >= 4 is 49.0 Å². The van der Waals surface area contributed by atoms with Crippen molar-refractivity contribution < 1.29 is 43.6 Å². The number of β-lactam (4-membered cyclic amide) rings is 1. The van der Waals surface area contributed by atoms with Crippen molar-refractivity contribution in [2.45, 2.75) is 43.7 Å². The van der Waals surface area contributed by atoms with Gasteiger partial charge >= 0.3 is 7.68 Å². The molecule has 0 aromatic heterocycles. The van der Waals surface area contributed by atoms with Crippen molar-refractivity contribution in [3.05, 3.63) is 40.4 Å². The number of thioether (sulfide) groups is 1. The van der Waals surface area contributed by atoms with Crippen LogP contribution < -0.4 is 15.5 Å². The summed E-state index contributed by atoms with van der Waals surface area (Å²) in [6.45, 7) is 3.26. The molecular formula is C23H24N3O9PS-2. The first kappa shape index (κ1) is 26.9. The summed E-state index contributed by atoms with van der Waals surface area (Å²) in [5.41, 5.74) is 0.324. The Morgan fingerprint density at radius 1 is 1.27 bits per heavy atom. The van der Waals surface area contributed by atoms with E-state index >= 15 is 0 Å². The molecule has 1 aromatic rings. The Morgan fingerprint density at radius 3 is 2.57 bits per heavy atom. The molecule has 5 unspecified atom stereocenters. The highest BCUT2D eigenvalue weighted by Gasteiger charge is 2.58. The van der Waals surface area contributed by atoms with Crippen molar-refractivity contribution in [3.8, 4) is 0 Å². The van der Waals surface area contributed by atoms with Crippen molar-refractivity contribution in [1.82, 2.24) is 9.80 Å². The molecule has 4 rings (SSSR count). The SMILES string of the molecule is CC(O)C1C(=O)N2C(CP(=O)=O)=C(SC3C[C@@H](C(=O)Nc4cccc(C(=O)[O-])c4)N(C(=O)[O-])C3)C(C)C12. The van der Waals surface area contributed by atoms with Crippen molar-refractivity contribution in [2.24, 2.45) is 11.8 Å². The number of carboxylic acid groups (broad SMARTS) is 2. The lowest BCUT2D eigenvalue weighted by Gasteiger charge is -2.47. The molecule has 3 aliphatic rings. The largest absolute Gasteiger partial charge is 0.545 e. The van der Waals surface area contributed by atoms with Crippen LogP contribution in [-0.2, 0) is 18.7 Å². The first-order chi connectivity index (χ1) is 17.4. The molecule has 0 aliphatic carbocycles. The van der Waals surface area contributed by atoms with Crippen LogP contribution in [0.2, 0.25) is 0 Å². The number of likely N-dealkylation sites (tertiary alicyclic amines) is 1. The molecule has 2 N–H and O–H groups in total. The summed E-state index contributed by atoms with van der Waals surface area (Å²) in [6.07, 6.45) is -2.76. The van der Waals surface area contributed by atoms with Crippen LogP contribution in [-0.4, -0.2) is 74.9 Å². The van der Waals surface area contributed by atoms with Gasteiger partial charge in [-0.25, -0.2) is 9.13 Å². The third kappa shape index (κ3) is 5.03. The summed E-state index contributed by atoms with van der Waals surface area (Å²) in [6, 6.07) is 3.82. The van der Waals surface area contributed by atoms with E-state index in [1.165, 1.54) is 47.9 Å². The highest BCUT2D eigenvalue weighted by molar-refractivity contribution is 8.03. The van der Waals surface area contributed by atoms with E-state index in [-0.39, 0.29) is 42.2 Å². The Bertz CT molecular complexity index is 1260. The molecule has 3 heterocycles. The molecule has 14 heteroatoms. The van der Waals surface area contributed by atoms with Gasteiger partial charge in [-0.05, 0) is 31.0 Å².